The van der Waals surface area contributed by atoms with E-state index in [2.05, 4.69) is 33.5 Å². The van der Waals surface area contributed by atoms with Gasteiger partial charge in [0.05, 0.1) is 17.1 Å². The Morgan fingerprint density at radius 3 is 2.72 bits per heavy atom. The molecule has 0 aliphatic carbocycles. The van der Waals surface area contributed by atoms with Crippen molar-refractivity contribution in [3.63, 3.8) is 0 Å². The summed E-state index contributed by atoms with van der Waals surface area (Å²) in [6.45, 7) is 5.60. The lowest BCUT2D eigenvalue weighted by Gasteiger charge is -2.04. The predicted molar refractivity (Wildman–Crippen MR) is 69.9 cm³/mol. The van der Waals surface area contributed by atoms with Crippen molar-refractivity contribution < 1.29 is 0 Å². The van der Waals surface area contributed by atoms with Gasteiger partial charge in [0, 0.05) is 44.3 Å². The van der Waals surface area contributed by atoms with Crippen LogP contribution in [0.25, 0.3) is 0 Å². The molecule has 0 aliphatic rings. The quantitative estimate of drug-likeness (QED) is 0.864. The van der Waals surface area contributed by atoms with Crippen molar-refractivity contribution in [3.8, 4) is 0 Å². The lowest BCUT2D eigenvalue weighted by molar-refractivity contribution is 0.671. The van der Waals surface area contributed by atoms with Crippen LogP contribution in [0, 0.1) is 6.92 Å². The Bertz CT molecular complexity index is 501. The summed E-state index contributed by atoms with van der Waals surface area (Å²) >= 11 is 0. The molecule has 0 aromatic carbocycles. The summed E-state index contributed by atoms with van der Waals surface area (Å²) in [7, 11) is 1.95. The van der Waals surface area contributed by atoms with Crippen LogP contribution < -0.4 is 5.32 Å². The van der Waals surface area contributed by atoms with Gasteiger partial charge in [-0.3, -0.25) is 14.6 Å². The van der Waals surface area contributed by atoms with Crippen LogP contribution in [-0.2, 0) is 26.6 Å². The van der Waals surface area contributed by atoms with Crippen LogP contribution in [0.2, 0.25) is 0 Å². The Kier molecular flexibility index (Phi) is 4.04. The third-order valence-corrected chi connectivity index (χ3v) is 2.78. The summed E-state index contributed by atoms with van der Waals surface area (Å²) in [5.74, 6) is 0. The van der Waals surface area contributed by atoms with Crippen molar-refractivity contribution in [3.05, 3.63) is 41.2 Å². The second-order valence-corrected chi connectivity index (χ2v) is 4.38. The molecule has 0 fully saturated rings. The second-order valence-electron chi connectivity index (χ2n) is 4.38. The number of hydrogen-bond donors (Lipinski definition) is 1. The molecule has 2 rings (SSSR count). The van der Waals surface area contributed by atoms with Gasteiger partial charge in [-0.05, 0) is 13.3 Å². The minimum atomic E-state index is 0.728. The average molecular weight is 245 g/mol. The summed E-state index contributed by atoms with van der Waals surface area (Å²) < 4.78 is 1.86. The highest BCUT2D eigenvalue weighted by Crippen LogP contribution is 2.06. The Balaban J connectivity index is 1.90. The molecule has 0 saturated carbocycles. The molecule has 18 heavy (non-hydrogen) atoms. The summed E-state index contributed by atoms with van der Waals surface area (Å²) in [6, 6.07) is 0. The van der Waals surface area contributed by atoms with Gasteiger partial charge in [-0.2, -0.15) is 5.10 Å². The van der Waals surface area contributed by atoms with Crippen molar-refractivity contribution in [2.45, 2.75) is 33.4 Å². The van der Waals surface area contributed by atoms with E-state index in [9.17, 15) is 0 Å². The molecule has 0 aliphatic heterocycles. The topological polar surface area (TPSA) is 55.6 Å². The minimum Gasteiger partial charge on any atom is -0.307 e. The summed E-state index contributed by atoms with van der Waals surface area (Å²) in [5, 5.41) is 7.78. The van der Waals surface area contributed by atoms with E-state index in [0.717, 1.165) is 36.6 Å². The molecule has 1 N–H and O–H groups in total. The fraction of sp³-hybridized carbons (Fsp3) is 0.462. The zero-order valence-corrected chi connectivity index (χ0v) is 11.1. The molecule has 0 amide bonds. The van der Waals surface area contributed by atoms with E-state index < -0.39 is 0 Å². The Labute approximate surface area is 107 Å². The predicted octanol–water partition coefficient (Wildman–Crippen LogP) is 1.37. The SMILES string of the molecule is CCc1nn(C)cc1CNCc1cnc(C)cn1. The van der Waals surface area contributed by atoms with E-state index in [0.29, 0.717) is 0 Å². The molecule has 2 aromatic rings. The number of nitrogens with one attached hydrogen (secondary N) is 1. The number of nitrogens with zero attached hydrogens (tertiary/aromatic N) is 4. The van der Waals surface area contributed by atoms with Gasteiger partial charge in [-0.1, -0.05) is 6.92 Å². The molecule has 5 heteroatoms. The molecule has 0 spiro atoms. The highest BCUT2D eigenvalue weighted by atomic mass is 15.3. The molecule has 2 aromatic heterocycles. The van der Waals surface area contributed by atoms with E-state index in [1.165, 1.54) is 5.56 Å². The smallest absolute Gasteiger partial charge is 0.0724 e. The fourth-order valence-electron chi connectivity index (χ4n) is 1.86. The maximum Gasteiger partial charge on any atom is 0.0724 e. The molecule has 96 valence electrons. The number of rotatable bonds is 5. The first-order valence-electron chi connectivity index (χ1n) is 6.18. The van der Waals surface area contributed by atoms with Gasteiger partial charge in [0.1, 0.15) is 0 Å². The van der Waals surface area contributed by atoms with Gasteiger partial charge in [-0.25, -0.2) is 0 Å². The molecule has 0 saturated heterocycles. The Morgan fingerprint density at radius 1 is 1.22 bits per heavy atom. The van der Waals surface area contributed by atoms with Gasteiger partial charge < -0.3 is 5.32 Å². The largest absolute Gasteiger partial charge is 0.307 e. The first kappa shape index (κ1) is 12.7. The maximum atomic E-state index is 4.42. The number of aryl methyl sites for hydroxylation is 3. The first-order chi connectivity index (χ1) is 8.69. The third kappa shape index (κ3) is 3.13. The molecule has 0 radical (unpaired) electrons. The molecule has 2 heterocycles. The zero-order chi connectivity index (χ0) is 13.0. The first-order valence-corrected chi connectivity index (χ1v) is 6.18. The summed E-state index contributed by atoms with van der Waals surface area (Å²) in [6.07, 6.45) is 6.62. The molecule has 0 atom stereocenters. The standard InChI is InChI=1S/C13H19N5/c1-4-13-11(9-18(3)17-13)6-14-7-12-8-15-10(2)5-16-12/h5,8-9,14H,4,6-7H2,1-3H3. The minimum absolute atomic E-state index is 0.728. The molecule has 5 nitrogen and oxygen atoms in total. The van der Waals surface area contributed by atoms with Crippen LogP contribution in [0.1, 0.15) is 29.6 Å². The normalized spacial score (nSPS) is 10.8. The van der Waals surface area contributed by atoms with Crippen LogP contribution in [0.3, 0.4) is 0 Å². The van der Waals surface area contributed by atoms with Crippen LogP contribution >= 0.6 is 0 Å². The van der Waals surface area contributed by atoms with E-state index >= 15 is 0 Å². The van der Waals surface area contributed by atoms with Crippen LogP contribution in [0.15, 0.2) is 18.6 Å². The van der Waals surface area contributed by atoms with E-state index in [1.807, 2.05) is 24.9 Å². The fourth-order valence-corrected chi connectivity index (χ4v) is 1.86. The number of aromatic nitrogens is 4. The van der Waals surface area contributed by atoms with Crippen molar-refractivity contribution in [1.82, 2.24) is 25.1 Å². The van der Waals surface area contributed by atoms with Crippen LogP contribution in [-0.4, -0.2) is 19.7 Å². The van der Waals surface area contributed by atoms with Crippen molar-refractivity contribution in [2.75, 3.05) is 0 Å². The molecular weight excluding hydrogens is 226 g/mol. The lowest BCUT2D eigenvalue weighted by Crippen LogP contribution is -2.14. The molecular formula is C13H19N5. The van der Waals surface area contributed by atoms with Gasteiger partial charge in [-0.15, -0.1) is 0 Å². The zero-order valence-electron chi connectivity index (χ0n) is 11.1. The maximum absolute atomic E-state index is 4.42. The van der Waals surface area contributed by atoms with Gasteiger partial charge in [0.25, 0.3) is 0 Å². The monoisotopic (exact) mass is 245 g/mol. The Hall–Kier alpha value is -1.75. The highest BCUT2D eigenvalue weighted by molar-refractivity contribution is 5.16. The van der Waals surface area contributed by atoms with E-state index in [4.69, 9.17) is 0 Å². The van der Waals surface area contributed by atoms with Crippen molar-refractivity contribution in [2.24, 2.45) is 7.05 Å². The van der Waals surface area contributed by atoms with Crippen molar-refractivity contribution in [1.29, 1.82) is 0 Å². The van der Waals surface area contributed by atoms with E-state index in [1.54, 1.807) is 6.20 Å². The second kappa shape index (κ2) is 5.73. The summed E-state index contributed by atoms with van der Waals surface area (Å²) in [5.41, 5.74) is 4.31. The summed E-state index contributed by atoms with van der Waals surface area (Å²) in [4.78, 5) is 8.54. The molecule has 0 unspecified atom stereocenters. The lowest BCUT2D eigenvalue weighted by atomic mass is 10.2. The van der Waals surface area contributed by atoms with Crippen LogP contribution in [0.4, 0.5) is 0 Å². The van der Waals surface area contributed by atoms with Gasteiger partial charge in [0.15, 0.2) is 0 Å². The van der Waals surface area contributed by atoms with Gasteiger partial charge in [0.2, 0.25) is 0 Å². The van der Waals surface area contributed by atoms with E-state index in [-0.39, 0.29) is 0 Å². The average Bonchev–Trinajstić information content (AvgIpc) is 2.72. The van der Waals surface area contributed by atoms with Crippen molar-refractivity contribution >= 4 is 0 Å². The number of hydrogen-bond acceptors (Lipinski definition) is 4. The van der Waals surface area contributed by atoms with Crippen LogP contribution in [0.5, 0.6) is 0 Å². The van der Waals surface area contributed by atoms with Gasteiger partial charge >= 0.3 is 0 Å². The highest BCUT2D eigenvalue weighted by Gasteiger charge is 2.05. The Morgan fingerprint density at radius 2 is 2.06 bits per heavy atom. The third-order valence-electron chi connectivity index (χ3n) is 2.78. The molecule has 0 bridgehead atoms.